The largest absolute Gasteiger partial charge is 0.472 e. The number of nitrogens with zero attached hydrogens (tertiary/aromatic N) is 1. The van der Waals surface area contributed by atoms with Crippen LogP contribution in [-0.4, -0.2) is 44.2 Å². The lowest BCUT2D eigenvalue weighted by molar-refractivity contribution is 0.145. The van der Waals surface area contributed by atoms with Crippen LogP contribution in [0.1, 0.15) is 142 Å². The third-order valence-corrected chi connectivity index (χ3v) is 6.52. The summed E-state index contributed by atoms with van der Waals surface area (Å²) in [6.45, 7) is 5.14. The highest BCUT2D eigenvalue weighted by atomic mass is 31.2. The van der Waals surface area contributed by atoms with Crippen LogP contribution >= 0.6 is 7.82 Å². The molecule has 0 fully saturated rings. The van der Waals surface area contributed by atoms with Crippen LogP contribution in [0.25, 0.3) is 0 Å². The van der Waals surface area contributed by atoms with Gasteiger partial charge >= 0.3 is 7.82 Å². The number of rotatable bonds is 24. The van der Waals surface area contributed by atoms with Crippen LogP contribution in [0, 0.1) is 0 Å². The monoisotopic (exact) mass is 493 g/mol. The highest BCUT2D eigenvalue weighted by Crippen LogP contribution is 2.43. The van der Waals surface area contributed by atoms with Crippen LogP contribution in [0.2, 0.25) is 0 Å². The summed E-state index contributed by atoms with van der Waals surface area (Å²) in [5.41, 5.74) is 0. The molecular formula is C27H60NO4P. The van der Waals surface area contributed by atoms with Gasteiger partial charge in [-0.15, -0.1) is 0 Å². The van der Waals surface area contributed by atoms with Crippen molar-refractivity contribution >= 4 is 7.82 Å². The van der Waals surface area contributed by atoms with Gasteiger partial charge in [0.15, 0.2) is 0 Å². The molecule has 5 nitrogen and oxygen atoms in total. The summed E-state index contributed by atoms with van der Waals surface area (Å²) >= 11 is 0. The van der Waals surface area contributed by atoms with E-state index in [-0.39, 0.29) is 0 Å². The van der Waals surface area contributed by atoms with Crippen molar-refractivity contribution in [2.24, 2.45) is 0 Å². The molecule has 0 aliphatic rings. The van der Waals surface area contributed by atoms with Gasteiger partial charge in [-0.25, -0.2) is 4.57 Å². The van der Waals surface area contributed by atoms with Crippen molar-refractivity contribution in [1.82, 2.24) is 4.90 Å². The molecule has 0 aromatic heterocycles. The van der Waals surface area contributed by atoms with Crippen molar-refractivity contribution < 1.29 is 18.5 Å². The van der Waals surface area contributed by atoms with E-state index in [0.717, 1.165) is 25.7 Å². The molecular weight excluding hydrogens is 433 g/mol. The zero-order valence-corrected chi connectivity index (χ0v) is 24.0. The summed E-state index contributed by atoms with van der Waals surface area (Å²) in [5.74, 6) is 0. The number of phosphoric ester groups is 1. The molecule has 33 heavy (non-hydrogen) atoms. The Labute approximate surface area is 208 Å². The van der Waals surface area contributed by atoms with Crippen LogP contribution in [0.5, 0.6) is 0 Å². The minimum Gasteiger partial charge on any atom is -0.312 e. The first kappa shape index (κ1) is 35.2. The van der Waals surface area contributed by atoms with E-state index >= 15 is 0 Å². The molecule has 0 radical (unpaired) electrons. The van der Waals surface area contributed by atoms with Crippen LogP contribution in [0.3, 0.4) is 0 Å². The van der Waals surface area contributed by atoms with E-state index in [1.807, 2.05) is 26.0 Å². The second kappa shape index (κ2) is 28.3. The average Bonchev–Trinajstić information content (AvgIpc) is 2.75. The summed E-state index contributed by atoms with van der Waals surface area (Å²) in [4.78, 5) is 11.7. The van der Waals surface area contributed by atoms with Gasteiger partial charge in [0.25, 0.3) is 0 Å². The maximum atomic E-state index is 11.8. The molecule has 0 aliphatic heterocycles. The van der Waals surface area contributed by atoms with Crippen LogP contribution in [-0.2, 0) is 13.6 Å². The lowest BCUT2D eigenvalue weighted by Gasteiger charge is -2.12. The number of phosphoric acid groups is 1. The molecule has 0 atom stereocenters. The zero-order valence-electron chi connectivity index (χ0n) is 23.1. The summed E-state index contributed by atoms with van der Waals surface area (Å²) in [6, 6.07) is 0. The van der Waals surface area contributed by atoms with E-state index in [0.29, 0.717) is 13.2 Å². The zero-order chi connectivity index (χ0) is 25.0. The summed E-state index contributed by atoms with van der Waals surface area (Å²) < 4.78 is 22.0. The van der Waals surface area contributed by atoms with E-state index in [1.165, 1.54) is 103 Å². The second-order valence-electron chi connectivity index (χ2n) is 9.84. The Kier molecular flexibility index (Phi) is 30.2. The minimum atomic E-state index is -3.85. The quantitative estimate of drug-likeness (QED) is 0.107. The lowest BCUT2D eigenvalue weighted by Crippen LogP contribution is -1.99. The van der Waals surface area contributed by atoms with Gasteiger partial charge in [-0.1, -0.05) is 129 Å². The Hall–Kier alpha value is 0.0700. The molecule has 0 rings (SSSR count). The van der Waals surface area contributed by atoms with E-state index in [4.69, 9.17) is 9.05 Å². The maximum absolute atomic E-state index is 11.8. The molecule has 0 aromatic carbocycles. The topological polar surface area (TPSA) is 59.0 Å². The predicted octanol–water partition coefficient (Wildman–Crippen LogP) is 9.14. The first-order valence-electron chi connectivity index (χ1n) is 14.1. The van der Waals surface area contributed by atoms with Crippen LogP contribution in [0.15, 0.2) is 0 Å². The third-order valence-electron chi connectivity index (χ3n) is 5.50. The molecule has 0 aromatic rings. The van der Waals surface area contributed by atoms with Crippen molar-refractivity contribution in [3.63, 3.8) is 0 Å². The minimum absolute atomic E-state index is 0.322. The van der Waals surface area contributed by atoms with E-state index in [1.54, 1.807) is 0 Å². The van der Waals surface area contributed by atoms with Crippen molar-refractivity contribution in [2.75, 3.05) is 34.4 Å². The fraction of sp³-hybridized carbons (Fsp3) is 1.00. The average molecular weight is 494 g/mol. The molecule has 0 amide bonds. The number of unbranched alkanes of at least 4 members (excludes halogenated alkanes) is 18. The highest BCUT2D eigenvalue weighted by Gasteiger charge is 2.19. The smallest absolute Gasteiger partial charge is 0.312 e. The molecule has 0 spiro atoms. The Bertz CT molecular complexity index is 375. The Morgan fingerprint density at radius 1 is 0.515 bits per heavy atom. The van der Waals surface area contributed by atoms with Gasteiger partial charge in [-0.3, -0.25) is 9.05 Å². The molecule has 202 valence electrons. The van der Waals surface area contributed by atoms with Gasteiger partial charge in [-0.05, 0) is 34.0 Å². The lowest BCUT2D eigenvalue weighted by atomic mass is 10.1. The molecule has 0 saturated carbocycles. The van der Waals surface area contributed by atoms with Crippen LogP contribution < -0.4 is 0 Å². The summed E-state index contributed by atoms with van der Waals surface area (Å²) in [6.07, 6.45) is 24.8. The molecule has 6 heteroatoms. The van der Waals surface area contributed by atoms with Gasteiger partial charge < -0.3 is 9.79 Å². The Balaban J connectivity index is 0. The van der Waals surface area contributed by atoms with Crippen molar-refractivity contribution in [3.05, 3.63) is 0 Å². The fourth-order valence-electron chi connectivity index (χ4n) is 3.58. The van der Waals surface area contributed by atoms with Gasteiger partial charge in [0.1, 0.15) is 0 Å². The van der Waals surface area contributed by atoms with Gasteiger partial charge in [0.05, 0.1) is 13.2 Å². The summed E-state index contributed by atoms with van der Waals surface area (Å²) in [7, 11) is 2.15. The Morgan fingerprint density at radius 2 is 0.727 bits per heavy atom. The fourth-order valence-corrected chi connectivity index (χ4v) is 4.37. The predicted molar refractivity (Wildman–Crippen MR) is 145 cm³/mol. The molecule has 0 heterocycles. The molecule has 1 N–H and O–H groups in total. The molecule has 0 bridgehead atoms. The maximum Gasteiger partial charge on any atom is 0.472 e. The van der Waals surface area contributed by atoms with Gasteiger partial charge in [0, 0.05) is 0 Å². The van der Waals surface area contributed by atoms with Gasteiger partial charge in [-0.2, -0.15) is 0 Å². The number of hydrogen-bond acceptors (Lipinski definition) is 4. The first-order valence-corrected chi connectivity index (χ1v) is 15.6. The SMILES string of the molecule is CCCCCCCCCCCCOP(=O)(O)OCCCCCCCCCCCC.CN(C)C. The standard InChI is InChI=1S/C24H51O4P.C3H9N/c1-3-5-7-9-11-13-15-17-19-21-23-27-29(25,26)28-24-22-20-18-16-14-12-10-8-6-4-2;1-4(2)3/h3-24H2,1-2H3,(H,25,26);1-3H3. The Morgan fingerprint density at radius 3 is 0.970 bits per heavy atom. The van der Waals surface area contributed by atoms with E-state index < -0.39 is 7.82 Å². The van der Waals surface area contributed by atoms with Crippen molar-refractivity contribution in [1.29, 1.82) is 0 Å². The van der Waals surface area contributed by atoms with Crippen LogP contribution in [0.4, 0.5) is 0 Å². The normalized spacial score (nSPS) is 11.6. The second-order valence-corrected chi connectivity index (χ2v) is 11.3. The molecule has 0 saturated heterocycles. The number of hydrogen-bond donors (Lipinski definition) is 1. The van der Waals surface area contributed by atoms with Gasteiger partial charge in [0.2, 0.25) is 0 Å². The third kappa shape index (κ3) is 36.8. The van der Waals surface area contributed by atoms with E-state index in [9.17, 15) is 9.46 Å². The summed E-state index contributed by atoms with van der Waals surface area (Å²) in [5, 5.41) is 0. The molecule has 0 aliphatic carbocycles. The first-order chi connectivity index (χ1) is 15.9. The van der Waals surface area contributed by atoms with Crippen molar-refractivity contribution in [2.45, 2.75) is 142 Å². The van der Waals surface area contributed by atoms with E-state index in [2.05, 4.69) is 13.8 Å². The molecule has 0 unspecified atom stereocenters. The highest BCUT2D eigenvalue weighted by molar-refractivity contribution is 7.47. The van der Waals surface area contributed by atoms with Crippen molar-refractivity contribution in [3.8, 4) is 0 Å².